The minimum absolute atomic E-state index is 0.105. The second kappa shape index (κ2) is 55.3. The third-order valence-corrected chi connectivity index (χ3v) is 15.8. The van der Waals surface area contributed by atoms with E-state index in [0.29, 0.717) is 25.7 Å². The van der Waals surface area contributed by atoms with E-state index in [1.165, 1.54) is 122 Å². The number of aliphatic hydroxyl groups excluding tert-OH is 1. The summed E-state index contributed by atoms with van der Waals surface area (Å²) in [6, 6.07) is 0. The summed E-state index contributed by atoms with van der Waals surface area (Å²) in [5.41, 5.74) is 0. The van der Waals surface area contributed by atoms with Crippen LogP contribution in [0.3, 0.4) is 0 Å². The van der Waals surface area contributed by atoms with E-state index in [1.807, 2.05) is 0 Å². The molecule has 2 unspecified atom stereocenters. The summed E-state index contributed by atoms with van der Waals surface area (Å²) in [6.07, 6.45) is 38.9. The van der Waals surface area contributed by atoms with Crippen LogP contribution < -0.4 is 0 Å². The van der Waals surface area contributed by atoms with Gasteiger partial charge in [0.05, 0.1) is 26.4 Å². The number of aliphatic hydroxyl groups is 1. The molecule has 0 fully saturated rings. The normalized spacial score (nSPS) is 14.3. The van der Waals surface area contributed by atoms with Gasteiger partial charge in [0, 0.05) is 25.7 Å². The van der Waals surface area contributed by atoms with Crippen LogP contribution in [-0.4, -0.2) is 96.7 Å². The van der Waals surface area contributed by atoms with E-state index in [-0.39, 0.29) is 25.7 Å². The highest BCUT2D eigenvalue weighted by Crippen LogP contribution is 2.45. The number of carbonyl (C=O) groups excluding carboxylic acids is 4. The molecule has 0 saturated heterocycles. The van der Waals surface area contributed by atoms with Crippen molar-refractivity contribution in [2.24, 2.45) is 0 Å². The molecule has 17 nitrogen and oxygen atoms in total. The molecular formula is C60H116O17P2. The largest absolute Gasteiger partial charge is 0.472 e. The van der Waals surface area contributed by atoms with Crippen LogP contribution in [-0.2, 0) is 65.4 Å². The highest BCUT2D eigenvalue weighted by Gasteiger charge is 2.30. The Labute approximate surface area is 479 Å². The zero-order valence-electron chi connectivity index (χ0n) is 50.3. The van der Waals surface area contributed by atoms with Crippen molar-refractivity contribution in [1.82, 2.24) is 0 Å². The maximum absolute atomic E-state index is 12.9. The lowest BCUT2D eigenvalue weighted by atomic mass is 10.0. The average Bonchev–Trinajstić information content (AvgIpc) is 3.42. The molecule has 79 heavy (non-hydrogen) atoms. The molecule has 0 amide bonds. The van der Waals surface area contributed by atoms with Crippen molar-refractivity contribution in [3.05, 3.63) is 0 Å². The highest BCUT2D eigenvalue weighted by molar-refractivity contribution is 7.47. The third-order valence-electron chi connectivity index (χ3n) is 13.9. The Kier molecular flexibility index (Phi) is 53.9. The van der Waals surface area contributed by atoms with E-state index in [0.717, 1.165) is 103 Å². The van der Waals surface area contributed by atoms with Crippen LogP contribution >= 0.6 is 15.6 Å². The molecule has 0 aliphatic rings. The van der Waals surface area contributed by atoms with Crippen molar-refractivity contribution in [3.63, 3.8) is 0 Å². The molecule has 0 saturated carbocycles. The molecule has 19 heteroatoms. The number of hydrogen-bond acceptors (Lipinski definition) is 15. The van der Waals surface area contributed by atoms with E-state index < -0.39 is 97.5 Å². The zero-order chi connectivity index (χ0) is 58.3. The summed E-state index contributed by atoms with van der Waals surface area (Å²) in [6.45, 7) is 4.81. The van der Waals surface area contributed by atoms with Crippen LogP contribution in [0.4, 0.5) is 0 Å². The number of carbonyl (C=O) groups is 4. The number of rotatable bonds is 61. The van der Waals surface area contributed by atoms with E-state index in [9.17, 15) is 43.2 Å². The molecule has 0 aliphatic carbocycles. The van der Waals surface area contributed by atoms with Gasteiger partial charge in [-0.25, -0.2) is 9.13 Å². The SMILES string of the molecule is CCCCCCCCCCCCCCC(=O)O[C@H](COC(=O)CCCCCCCCCCCCC)COP(=O)(O)OC[C@@H](O)COP(=O)(O)OC[C@@H](COC(=O)CCCCCCCCCC)OC(=O)CCCCCCCCCC. The summed E-state index contributed by atoms with van der Waals surface area (Å²) in [5, 5.41) is 10.5. The van der Waals surface area contributed by atoms with E-state index >= 15 is 0 Å². The minimum Gasteiger partial charge on any atom is -0.462 e. The highest BCUT2D eigenvalue weighted by atomic mass is 31.2. The summed E-state index contributed by atoms with van der Waals surface area (Å²) in [4.78, 5) is 71.9. The standard InChI is InChI=1S/C60H116O17P2/c1-5-9-13-17-21-25-27-29-31-35-39-43-47-60(65)77-56(51-71-58(63)45-41-37-34-30-28-26-22-18-14-10-6-2)53-75-79(68,69)73-49-54(61)48-72-78(66,67)74-52-55(76-59(64)46-42-38-33-24-20-16-12-8-4)50-70-57(62)44-40-36-32-23-19-15-11-7-3/h54-56,61H,5-53H2,1-4H3,(H,66,67)(H,68,69)/t54-,55+,56+/m0/s1. The van der Waals surface area contributed by atoms with Crippen molar-refractivity contribution in [2.45, 2.75) is 322 Å². The smallest absolute Gasteiger partial charge is 0.462 e. The lowest BCUT2D eigenvalue weighted by Gasteiger charge is -2.21. The molecule has 0 radical (unpaired) electrons. The predicted octanol–water partition coefficient (Wildman–Crippen LogP) is 16.4. The number of phosphoric ester groups is 2. The number of phosphoric acid groups is 2. The van der Waals surface area contributed by atoms with Gasteiger partial charge in [-0.1, -0.05) is 252 Å². The number of hydrogen-bond donors (Lipinski definition) is 3. The third kappa shape index (κ3) is 55.0. The first kappa shape index (κ1) is 77.1. The van der Waals surface area contributed by atoms with Crippen LogP contribution in [0.1, 0.15) is 304 Å². The van der Waals surface area contributed by atoms with Gasteiger partial charge in [0.1, 0.15) is 19.3 Å². The van der Waals surface area contributed by atoms with E-state index in [2.05, 4.69) is 27.7 Å². The van der Waals surface area contributed by atoms with Crippen LogP contribution in [0.15, 0.2) is 0 Å². The summed E-state index contributed by atoms with van der Waals surface area (Å²) >= 11 is 0. The first-order valence-electron chi connectivity index (χ1n) is 31.8. The minimum atomic E-state index is -4.94. The fourth-order valence-corrected chi connectivity index (χ4v) is 10.5. The van der Waals surface area contributed by atoms with Gasteiger partial charge < -0.3 is 33.8 Å². The molecule has 0 aromatic rings. The van der Waals surface area contributed by atoms with Gasteiger partial charge in [-0.05, 0) is 25.7 Å². The lowest BCUT2D eigenvalue weighted by molar-refractivity contribution is -0.161. The van der Waals surface area contributed by atoms with Gasteiger partial charge >= 0.3 is 39.5 Å². The van der Waals surface area contributed by atoms with Crippen LogP contribution in [0.2, 0.25) is 0 Å². The Balaban J connectivity index is 5.21. The second-order valence-corrected chi connectivity index (χ2v) is 24.6. The fourth-order valence-electron chi connectivity index (χ4n) is 8.93. The first-order chi connectivity index (χ1) is 38.2. The Hall–Kier alpha value is -1.94. The molecule has 0 bridgehead atoms. The van der Waals surface area contributed by atoms with Crippen molar-refractivity contribution in [3.8, 4) is 0 Å². The zero-order valence-corrected chi connectivity index (χ0v) is 52.1. The van der Waals surface area contributed by atoms with E-state index in [1.54, 1.807) is 0 Å². The van der Waals surface area contributed by atoms with Gasteiger partial charge in [0.15, 0.2) is 12.2 Å². The van der Waals surface area contributed by atoms with Crippen molar-refractivity contribution < 1.29 is 80.2 Å². The summed E-state index contributed by atoms with van der Waals surface area (Å²) < 4.78 is 67.7. The van der Waals surface area contributed by atoms with Crippen molar-refractivity contribution >= 4 is 39.5 Å². The lowest BCUT2D eigenvalue weighted by Crippen LogP contribution is -2.30. The molecule has 3 N–H and O–H groups in total. The maximum Gasteiger partial charge on any atom is 0.472 e. The quantitative estimate of drug-likeness (QED) is 0.0222. The van der Waals surface area contributed by atoms with Crippen molar-refractivity contribution in [1.29, 1.82) is 0 Å². The summed E-state index contributed by atoms with van der Waals surface area (Å²) in [7, 11) is -9.87. The number of ether oxygens (including phenoxy) is 4. The first-order valence-corrected chi connectivity index (χ1v) is 34.8. The predicted molar refractivity (Wildman–Crippen MR) is 312 cm³/mol. The summed E-state index contributed by atoms with van der Waals surface area (Å²) in [5.74, 6) is -2.14. The monoisotopic (exact) mass is 1170 g/mol. The number of esters is 4. The molecule has 0 spiro atoms. The molecule has 0 aliphatic heterocycles. The Morgan fingerprint density at radius 3 is 0.747 bits per heavy atom. The van der Waals surface area contributed by atoms with E-state index in [4.69, 9.17) is 37.0 Å². The molecular weight excluding hydrogens is 1050 g/mol. The number of unbranched alkanes of at least 4 members (excludes halogenated alkanes) is 35. The molecule has 0 aromatic heterocycles. The maximum atomic E-state index is 12.9. The van der Waals surface area contributed by atoms with Gasteiger partial charge in [-0.2, -0.15) is 0 Å². The van der Waals surface area contributed by atoms with Gasteiger partial charge in [-0.3, -0.25) is 37.3 Å². The van der Waals surface area contributed by atoms with Crippen LogP contribution in [0.5, 0.6) is 0 Å². The Bertz CT molecular complexity index is 1540. The van der Waals surface area contributed by atoms with Crippen LogP contribution in [0, 0.1) is 0 Å². The van der Waals surface area contributed by atoms with Crippen molar-refractivity contribution in [2.75, 3.05) is 39.6 Å². The van der Waals surface area contributed by atoms with Gasteiger partial charge in [-0.15, -0.1) is 0 Å². The Morgan fingerprint density at radius 1 is 0.304 bits per heavy atom. The molecule has 0 rings (SSSR count). The molecule has 468 valence electrons. The average molecular weight is 1170 g/mol. The Morgan fingerprint density at radius 2 is 0.506 bits per heavy atom. The fraction of sp³-hybridized carbons (Fsp3) is 0.933. The van der Waals surface area contributed by atoms with Crippen LogP contribution in [0.25, 0.3) is 0 Å². The second-order valence-electron chi connectivity index (χ2n) is 21.7. The topological polar surface area (TPSA) is 237 Å². The molecule has 5 atom stereocenters. The van der Waals surface area contributed by atoms with Gasteiger partial charge in [0.2, 0.25) is 0 Å². The molecule has 0 heterocycles. The van der Waals surface area contributed by atoms with Gasteiger partial charge in [0.25, 0.3) is 0 Å². The molecule has 0 aromatic carbocycles.